The Kier molecular flexibility index (Phi) is 4.63. The monoisotopic (exact) mass is 356 g/mol. The van der Waals surface area contributed by atoms with Crippen LogP contribution < -0.4 is 5.32 Å². The van der Waals surface area contributed by atoms with Gasteiger partial charge in [0.15, 0.2) is 0 Å². The topological polar surface area (TPSA) is 80.5 Å². The highest BCUT2D eigenvalue weighted by atomic mass is 16.5. The van der Waals surface area contributed by atoms with Crippen molar-refractivity contribution in [2.24, 2.45) is 0 Å². The molecule has 26 heavy (non-hydrogen) atoms. The third kappa shape index (κ3) is 3.44. The molecule has 7 nitrogen and oxygen atoms in total. The van der Waals surface area contributed by atoms with Crippen molar-refractivity contribution >= 4 is 6.03 Å². The van der Waals surface area contributed by atoms with Crippen LogP contribution in [0.15, 0.2) is 34.9 Å². The number of carbonyl (C=O) groups excluding carboxylic acids is 1. The van der Waals surface area contributed by atoms with Crippen molar-refractivity contribution in [1.29, 1.82) is 0 Å². The Labute approximate surface area is 152 Å². The van der Waals surface area contributed by atoms with Gasteiger partial charge in [-0.15, -0.1) is 0 Å². The predicted molar refractivity (Wildman–Crippen MR) is 95.4 cm³/mol. The number of piperidine rings is 1. The first kappa shape index (κ1) is 17.0. The van der Waals surface area contributed by atoms with Gasteiger partial charge >= 0.3 is 6.03 Å². The molecule has 0 saturated carbocycles. The fourth-order valence-electron chi connectivity index (χ4n) is 3.72. The van der Waals surface area contributed by atoms with Gasteiger partial charge in [-0.25, -0.2) is 4.79 Å². The summed E-state index contributed by atoms with van der Waals surface area (Å²) >= 11 is 0. The summed E-state index contributed by atoms with van der Waals surface area (Å²) in [6.07, 6.45) is 4.06. The van der Waals surface area contributed by atoms with Gasteiger partial charge in [0, 0.05) is 25.3 Å². The highest BCUT2D eigenvalue weighted by Gasteiger charge is 2.39. The Morgan fingerprint density at radius 3 is 2.69 bits per heavy atom. The fraction of sp³-hybridized carbons (Fsp3) is 0.526. The quantitative estimate of drug-likeness (QED) is 0.914. The molecule has 0 bridgehead atoms. The molecule has 2 aromatic rings. The van der Waals surface area contributed by atoms with E-state index in [1.54, 1.807) is 0 Å². The molecule has 3 heterocycles. The maximum Gasteiger partial charge on any atom is 0.318 e. The van der Waals surface area contributed by atoms with Crippen molar-refractivity contribution in [3.8, 4) is 11.4 Å². The smallest absolute Gasteiger partial charge is 0.318 e. The van der Waals surface area contributed by atoms with Crippen LogP contribution in [-0.4, -0.2) is 46.4 Å². The number of benzene rings is 1. The number of likely N-dealkylation sites (tertiary alicyclic amines) is 1. The number of rotatable bonds is 3. The summed E-state index contributed by atoms with van der Waals surface area (Å²) in [4.78, 5) is 18.8. The molecule has 4 rings (SSSR count). The number of carbonyl (C=O) groups is 1. The lowest BCUT2D eigenvalue weighted by molar-refractivity contribution is -0.0362. The molecule has 1 N–H and O–H groups in total. The van der Waals surface area contributed by atoms with Gasteiger partial charge in [0.1, 0.15) is 6.04 Å². The number of ether oxygens (including phenoxy) is 1. The maximum atomic E-state index is 12.5. The fourth-order valence-corrected chi connectivity index (χ4v) is 3.72. The Balaban J connectivity index is 1.34. The summed E-state index contributed by atoms with van der Waals surface area (Å²) in [6.45, 7) is 4.14. The third-order valence-corrected chi connectivity index (χ3v) is 5.33. The molecule has 2 fully saturated rings. The van der Waals surface area contributed by atoms with Crippen LogP contribution in [0.5, 0.6) is 0 Å². The van der Waals surface area contributed by atoms with E-state index in [0.717, 1.165) is 50.9 Å². The molecule has 0 aliphatic carbocycles. The molecular weight excluding hydrogens is 332 g/mol. The number of urea groups is 1. The normalized spacial score (nSPS) is 20.3. The van der Waals surface area contributed by atoms with Crippen LogP contribution in [0.1, 0.15) is 44.5 Å². The van der Waals surface area contributed by atoms with E-state index in [-0.39, 0.29) is 17.7 Å². The lowest BCUT2D eigenvalue weighted by atomic mass is 9.89. The molecule has 7 heteroatoms. The van der Waals surface area contributed by atoms with Gasteiger partial charge < -0.3 is 19.5 Å². The zero-order chi connectivity index (χ0) is 18.0. The van der Waals surface area contributed by atoms with Gasteiger partial charge in [0.2, 0.25) is 11.7 Å². The molecule has 1 aromatic heterocycles. The highest BCUT2D eigenvalue weighted by molar-refractivity contribution is 5.74. The summed E-state index contributed by atoms with van der Waals surface area (Å²) in [5.41, 5.74) is 0.901. The van der Waals surface area contributed by atoms with E-state index in [1.165, 1.54) is 0 Å². The summed E-state index contributed by atoms with van der Waals surface area (Å²) in [5, 5.41) is 6.97. The van der Waals surface area contributed by atoms with Crippen molar-refractivity contribution in [1.82, 2.24) is 20.4 Å². The largest absolute Gasteiger partial charge is 0.375 e. The van der Waals surface area contributed by atoms with E-state index in [2.05, 4.69) is 15.5 Å². The van der Waals surface area contributed by atoms with Crippen LogP contribution in [0.2, 0.25) is 0 Å². The minimum atomic E-state index is -0.342. The van der Waals surface area contributed by atoms with Gasteiger partial charge in [0.25, 0.3) is 0 Å². The number of aromatic nitrogens is 2. The highest BCUT2D eigenvalue weighted by Crippen LogP contribution is 2.35. The number of nitrogens with zero attached hydrogens (tertiary/aromatic N) is 3. The minimum Gasteiger partial charge on any atom is -0.375 e. The van der Waals surface area contributed by atoms with Crippen LogP contribution in [0.25, 0.3) is 11.4 Å². The second-order valence-electron chi connectivity index (χ2n) is 7.12. The van der Waals surface area contributed by atoms with Crippen molar-refractivity contribution in [2.75, 3.05) is 19.7 Å². The first-order chi connectivity index (χ1) is 12.7. The van der Waals surface area contributed by atoms with E-state index < -0.39 is 0 Å². The number of nitrogens with one attached hydrogen (secondary N) is 1. The molecular formula is C19H24N4O3. The molecule has 1 spiro atoms. The first-order valence-electron chi connectivity index (χ1n) is 9.24. The van der Waals surface area contributed by atoms with Crippen LogP contribution in [0.3, 0.4) is 0 Å². The summed E-state index contributed by atoms with van der Waals surface area (Å²) in [7, 11) is 0. The second kappa shape index (κ2) is 7.07. The molecule has 2 aliphatic heterocycles. The number of hydrogen-bond acceptors (Lipinski definition) is 5. The standard InChI is InChI=1S/C19H24N4O3/c1-14(17-21-16(22-26-17)15-6-3-2-4-7-15)20-18(24)23-11-9-19(10-12-23)8-5-13-25-19/h2-4,6-7,14H,5,8-13H2,1H3,(H,20,24). The zero-order valence-corrected chi connectivity index (χ0v) is 15.0. The molecule has 2 aliphatic rings. The predicted octanol–water partition coefficient (Wildman–Crippen LogP) is 3.15. The maximum absolute atomic E-state index is 12.5. The Morgan fingerprint density at radius 2 is 2.00 bits per heavy atom. The van der Waals surface area contributed by atoms with Gasteiger partial charge in [-0.1, -0.05) is 35.5 Å². The van der Waals surface area contributed by atoms with Crippen LogP contribution in [-0.2, 0) is 4.74 Å². The van der Waals surface area contributed by atoms with Gasteiger partial charge in [-0.3, -0.25) is 0 Å². The van der Waals surface area contributed by atoms with E-state index in [9.17, 15) is 4.79 Å². The molecule has 1 unspecified atom stereocenters. The average molecular weight is 356 g/mol. The Hall–Kier alpha value is -2.41. The van der Waals surface area contributed by atoms with Crippen LogP contribution in [0.4, 0.5) is 4.79 Å². The number of hydrogen-bond donors (Lipinski definition) is 1. The van der Waals surface area contributed by atoms with Crippen molar-refractivity contribution in [3.05, 3.63) is 36.2 Å². The van der Waals surface area contributed by atoms with Gasteiger partial charge in [-0.2, -0.15) is 4.98 Å². The molecule has 0 radical (unpaired) electrons. The zero-order valence-electron chi connectivity index (χ0n) is 15.0. The molecule has 1 aromatic carbocycles. The Bertz CT molecular complexity index is 745. The lowest BCUT2D eigenvalue weighted by Gasteiger charge is -2.38. The molecule has 138 valence electrons. The van der Waals surface area contributed by atoms with Crippen molar-refractivity contribution < 1.29 is 14.1 Å². The van der Waals surface area contributed by atoms with E-state index in [1.807, 2.05) is 42.2 Å². The molecule has 2 amide bonds. The SMILES string of the molecule is CC(NC(=O)N1CCC2(CCCO2)CC1)c1nc(-c2ccccc2)no1. The van der Waals surface area contributed by atoms with Crippen LogP contribution in [0, 0.1) is 0 Å². The van der Waals surface area contributed by atoms with E-state index in [4.69, 9.17) is 9.26 Å². The number of amides is 2. The lowest BCUT2D eigenvalue weighted by Crippen LogP contribution is -2.50. The first-order valence-corrected chi connectivity index (χ1v) is 9.24. The van der Waals surface area contributed by atoms with Crippen LogP contribution >= 0.6 is 0 Å². The van der Waals surface area contributed by atoms with Crippen molar-refractivity contribution in [3.63, 3.8) is 0 Å². The van der Waals surface area contributed by atoms with Gasteiger partial charge in [-0.05, 0) is 32.6 Å². The summed E-state index contributed by atoms with van der Waals surface area (Å²) < 4.78 is 11.2. The molecule has 1 atom stereocenters. The van der Waals surface area contributed by atoms with E-state index >= 15 is 0 Å². The van der Waals surface area contributed by atoms with E-state index in [0.29, 0.717) is 11.7 Å². The summed E-state index contributed by atoms with van der Waals surface area (Å²) in [6, 6.07) is 9.20. The Morgan fingerprint density at radius 1 is 1.23 bits per heavy atom. The third-order valence-electron chi connectivity index (χ3n) is 5.33. The summed E-state index contributed by atoms with van der Waals surface area (Å²) in [5.74, 6) is 0.935. The van der Waals surface area contributed by atoms with Crippen molar-refractivity contribution in [2.45, 2.75) is 44.2 Å². The average Bonchev–Trinajstić information content (AvgIpc) is 3.33. The molecule has 2 saturated heterocycles. The second-order valence-corrected chi connectivity index (χ2v) is 7.12. The van der Waals surface area contributed by atoms with Gasteiger partial charge in [0.05, 0.1) is 5.60 Å². The minimum absolute atomic E-state index is 0.0134.